The summed E-state index contributed by atoms with van der Waals surface area (Å²) in [5.41, 5.74) is 2.71. The smallest absolute Gasteiger partial charge is 0.225 e. The summed E-state index contributed by atoms with van der Waals surface area (Å²) in [6.45, 7) is 7.84. The Labute approximate surface area is 149 Å². The van der Waals surface area contributed by atoms with E-state index in [0.29, 0.717) is 34.6 Å². The van der Waals surface area contributed by atoms with Gasteiger partial charge in [-0.1, -0.05) is 25.5 Å². The van der Waals surface area contributed by atoms with Gasteiger partial charge in [0.05, 0.1) is 0 Å². The number of fused-ring (bicyclic) bond motifs is 1. The molecule has 0 aliphatic carbocycles. The third kappa shape index (κ3) is 4.46. The van der Waals surface area contributed by atoms with Gasteiger partial charge in [-0.2, -0.15) is 9.97 Å². The summed E-state index contributed by atoms with van der Waals surface area (Å²) in [5, 5.41) is 12.7. The highest BCUT2D eigenvalue weighted by Crippen LogP contribution is 2.27. The predicted octanol–water partition coefficient (Wildman–Crippen LogP) is 3.09. The summed E-state index contributed by atoms with van der Waals surface area (Å²) in [4.78, 5) is 18.2. The molecule has 2 aromatic rings. The van der Waals surface area contributed by atoms with Crippen molar-refractivity contribution in [2.24, 2.45) is 0 Å². The van der Waals surface area contributed by atoms with E-state index >= 15 is 0 Å². The molecular formula is C17H28N8. The zero-order valence-electron chi connectivity index (χ0n) is 15.7. The molecule has 8 heteroatoms. The van der Waals surface area contributed by atoms with Gasteiger partial charge >= 0.3 is 0 Å². The van der Waals surface area contributed by atoms with E-state index in [-0.39, 0.29) is 0 Å². The third-order valence-electron chi connectivity index (χ3n) is 3.88. The SMILES string of the molecule is C/C=C(/CC)CNc1nc(NC)nc2c(NCCC)nc(NC)nc12. The van der Waals surface area contributed by atoms with E-state index in [9.17, 15) is 0 Å². The number of allylic oxidation sites excluding steroid dienone is 1. The normalized spacial score (nSPS) is 11.5. The van der Waals surface area contributed by atoms with Crippen LogP contribution >= 0.6 is 0 Å². The fraction of sp³-hybridized carbons (Fsp3) is 0.529. The molecule has 0 spiro atoms. The molecule has 0 unspecified atom stereocenters. The van der Waals surface area contributed by atoms with Crippen LogP contribution in [0, 0.1) is 0 Å². The molecule has 0 radical (unpaired) electrons. The highest BCUT2D eigenvalue weighted by molar-refractivity contribution is 5.94. The summed E-state index contributed by atoms with van der Waals surface area (Å²) < 4.78 is 0. The fourth-order valence-corrected chi connectivity index (χ4v) is 2.36. The van der Waals surface area contributed by atoms with Crippen LogP contribution in [0.15, 0.2) is 11.6 Å². The zero-order chi connectivity index (χ0) is 18.2. The van der Waals surface area contributed by atoms with E-state index in [0.717, 1.165) is 25.9 Å². The summed E-state index contributed by atoms with van der Waals surface area (Å²) in [6.07, 6.45) is 4.11. The first-order valence-corrected chi connectivity index (χ1v) is 8.73. The van der Waals surface area contributed by atoms with E-state index in [1.54, 1.807) is 14.1 Å². The molecule has 0 aromatic carbocycles. The molecule has 0 amide bonds. The van der Waals surface area contributed by atoms with Crippen molar-refractivity contribution in [3.05, 3.63) is 11.6 Å². The lowest BCUT2D eigenvalue weighted by Gasteiger charge is -2.14. The first-order valence-electron chi connectivity index (χ1n) is 8.73. The van der Waals surface area contributed by atoms with E-state index in [1.807, 2.05) is 6.92 Å². The minimum absolute atomic E-state index is 0.536. The van der Waals surface area contributed by atoms with Gasteiger partial charge in [0.2, 0.25) is 11.9 Å². The monoisotopic (exact) mass is 344 g/mol. The maximum Gasteiger partial charge on any atom is 0.225 e. The van der Waals surface area contributed by atoms with Crippen LogP contribution in [-0.4, -0.2) is 47.1 Å². The van der Waals surface area contributed by atoms with Crippen molar-refractivity contribution in [2.75, 3.05) is 48.5 Å². The first-order chi connectivity index (χ1) is 12.2. The zero-order valence-corrected chi connectivity index (χ0v) is 15.7. The Kier molecular flexibility index (Phi) is 6.73. The topological polar surface area (TPSA) is 99.7 Å². The number of nitrogens with zero attached hydrogens (tertiary/aromatic N) is 4. The van der Waals surface area contributed by atoms with Crippen molar-refractivity contribution in [3.63, 3.8) is 0 Å². The molecule has 0 saturated heterocycles. The molecule has 2 rings (SSSR count). The van der Waals surface area contributed by atoms with Gasteiger partial charge < -0.3 is 21.3 Å². The van der Waals surface area contributed by atoms with Gasteiger partial charge in [-0.3, -0.25) is 0 Å². The average molecular weight is 344 g/mol. The lowest BCUT2D eigenvalue weighted by Crippen LogP contribution is -2.12. The summed E-state index contributed by atoms with van der Waals surface area (Å²) in [7, 11) is 3.60. The fourth-order valence-electron chi connectivity index (χ4n) is 2.36. The maximum absolute atomic E-state index is 4.57. The molecule has 136 valence electrons. The second-order valence-electron chi connectivity index (χ2n) is 5.57. The number of rotatable bonds is 9. The average Bonchev–Trinajstić information content (AvgIpc) is 2.66. The van der Waals surface area contributed by atoms with Gasteiger partial charge in [0, 0.05) is 27.2 Å². The van der Waals surface area contributed by atoms with Gasteiger partial charge in [-0.25, -0.2) is 9.97 Å². The van der Waals surface area contributed by atoms with E-state index in [4.69, 9.17) is 0 Å². The van der Waals surface area contributed by atoms with Gasteiger partial charge in [0.15, 0.2) is 11.6 Å². The standard InChI is InChI=1S/C17H28N8/c1-6-9-20-14-12-13(23-16(18-4)24-14)15(25-17(19-5)22-12)21-10-11(7-2)8-3/h7H,6,8-10H2,1-5H3,(H2,18,20,23,24)(H2,19,21,22,25)/b11-7-. The molecule has 0 aliphatic rings. The Balaban J connectivity index is 2.54. The molecule has 2 aromatic heterocycles. The second-order valence-corrected chi connectivity index (χ2v) is 5.57. The van der Waals surface area contributed by atoms with Gasteiger partial charge in [0.1, 0.15) is 11.0 Å². The van der Waals surface area contributed by atoms with Crippen LogP contribution in [0.2, 0.25) is 0 Å². The highest BCUT2D eigenvalue weighted by Gasteiger charge is 2.15. The molecule has 0 fully saturated rings. The number of hydrogen-bond donors (Lipinski definition) is 4. The van der Waals surface area contributed by atoms with E-state index in [1.165, 1.54) is 5.57 Å². The number of aromatic nitrogens is 4. The van der Waals surface area contributed by atoms with Crippen molar-refractivity contribution >= 4 is 34.6 Å². The Bertz CT molecular complexity index is 741. The second kappa shape index (κ2) is 9.00. The molecule has 0 aliphatic heterocycles. The van der Waals surface area contributed by atoms with Crippen LogP contribution in [0.4, 0.5) is 23.5 Å². The molecule has 0 saturated carbocycles. The van der Waals surface area contributed by atoms with Crippen molar-refractivity contribution in [3.8, 4) is 0 Å². The largest absolute Gasteiger partial charge is 0.368 e. The van der Waals surface area contributed by atoms with Crippen molar-refractivity contribution in [1.29, 1.82) is 0 Å². The summed E-state index contributed by atoms with van der Waals surface area (Å²) in [6, 6.07) is 0. The minimum atomic E-state index is 0.536. The van der Waals surface area contributed by atoms with E-state index < -0.39 is 0 Å². The Morgan fingerprint density at radius 2 is 1.44 bits per heavy atom. The Morgan fingerprint density at radius 1 is 0.880 bits per heavy atom. The van der Waals surface area contributed by atoms with Gasteiger partial charge in [0.25, 0.3) is 0 Å². The van der Waals surface area contributed by atoms with E-state index in [2.05, 4.69) is 61.1 Å². The first kappa shape index (κ1) is 18.7. The highest BCUT2D eigenvalue weighted by atomic mass is 15.2. The predicted molar refractivity (Wildman–Crippen MR) is 106 cm³/mol. The number of nitrogens with one attached hydrogen (secondary N) is 4. The van der Waals surface area contributed by atoms with Crippen LogP contribution in [0.25, 0.3) is 11.0 Å². The quantitative estimate of drug-likeness (QED) is 0.515. The van der Waals surface area contributed by atoms with Crippen LogP contribution < -0.4 is 21.3 Å². The van der Waals surface area contributed by atoms with Gasteiger partial charge in [-0.15, -0.1) is 0 Å². The van der Waals surface area contributed by atoms with Crippen molar-refractivity contribution in [1.82, 2.24) is 19.9 Å². The van der Waals surface area contributed by atoms with Crippen molar-refractivity contribution in [2.45, 2.75) is 33.6 Å². The van der Waals surface area contributed by atoms with Gasteiger partial charge in [-0.05, 0) is 19.8 Å². The molecular weight excluding hydrogens is 316 g/mol. The lowest BCUT2D eigenvalue weighted by atomic mass is 10.2. The summed E-state index contributed by atoms with van der Waals surface area (Å²) in [5.74, 6) is 2.48. The lowest BCUT2D eigenvalue weighted by molar-refractivity contribution is 0.967. The maximum atomic E-state index is 4.57. The molecule has 0 bridgehead atoms. The van der Waals surface area contributed by atoms with Crippen LogP contribution in [0.5, 0.6) is 0 Å². The van der Waals surface area contributed by atoms with Crippen LogP contribution in [-0.2, 0) is 0 Å². The third-order valence-corrected chi connectivity index (χ3v) is 3.88. The molecule has 0 atom stereocenters. The molecule has 2 heterocycles. The van der Waals surface area contributed by atoms with Crippen LogP contribution in [0.1, 0.15) is 33.6 Å². The number of hydrogen-bond acceptors (Lipinski definition) is 8. The Hall–Kier alpha value is -2.64. The number of anilines is 4. The molecule has 4 N–H and O–H groups in total. The molecule has 8 nitrogen and oxygen atoms in total. The molecule has 25 heavy (non-hydrogen) atoms. The van der Waals surface area contributed by atoms with Crippen molar-refractivity contribution < 1.29 is 0 Å². The minimum Gasteiger partial charge on any atom is -0.368 e. The Morgan fingerprint density at radius 3 is 1.88 bits per heavy atom. The van der Waals surface area contributed by atoms with Crippen LogP contribution in [0.3, 0.4) is 0 Å². The summed E-state index contributed by atoms with van der Waals surface area (Å²) >= 11 is 0.